The molecule has 8 aromatic rings. The Labute approximate surface area is 304 Å². The summed E-state index contributed by atoms with van der Waals surface area (Å²) in [4.78, 5) is 30.5. The van der Waals surface area contributed by atoms with E-state index in [-0.39, 0.29) is 19.4 Å². The molecular formula is C36H20F8N4O4S2. The van der Waals surface area contributed by atoms with Crippen LogP contribution in [0.1, 0.15) is 11.4 Å². The van der Waals surface area contributed by atoms with Gasteiger partial charge >= 0.3 is 11.9 Å². The lowest BCUT2D eigenvalue weighted by Crippen LogP contribution is -2.10. The number of rotatable bonds is 6. The van der Waals surface area contributed by atoms with E-state index in [1.807, 2.05) is 0 Å². The Bertz CT molecular complexity index is 2690. The number of carboxylic acids is 2. The average molecular weight is 789 g/mol. The summed E-state index contributed by atoms with van der Waals surface area (Å²) in [6.07, 6.45) is 0. The third kappa shape index (κ3) is 6.09. The summed E-state index contributed by atoms with van der Waals surface area (Å²) in [5, 5.41) is 19.6. The van der Waals surface area contributed by atoms with E-state index in [4.69, 9.17) is 10.2 Å². The largest absolute Gasteiger partial charge is 0.480 e. The number of carbonyl (C=O) groups is 2. The summed E-state index contributed by atoms with van der Waals surface area (Å²) in [6, 6.07) is 8.57. The first-order valence-corrected chi connectivity index (χ1v) is 17.1. The van der Waals surface area contributed by atoms with E-state index in [0.717, 1.165) is 22.7 Å². The second kappa shape index (κ2) is 13.5. The number of fused-ring (bicyclic) bond motifs is 4. The molecular weight excluding hydrogens is 769 g/mol. The lowest BCUT2D eigenvalue weighted by molar-refractivity contribution is -0.138. The molecule has 0 radical (unpaired) electrons. The molecule has 0 bridgehead atoms. The molecule has 0 fully saturated rings. The molecule has 18 heteroatoms. The lowest BCUT2D eigenvalue weighted by Gasteiger charge is -2.04. The Kier molecular flexibility index (Phi) is 9.13. The summed E-state index contributed by atoms with van der Waals surface area (Å²) in [6.45, 7) is 2.37. The van der Waals surface area contributed by atoms with Crippen molar-refractivity contribution in [2.45, 2.75) is 26.9 Å². The molecule has 0 atom stereocenters. The lowest BCUT2D eigenvalue weighted by atomic mass is 10.1. The summed E-state index contributed by atoms with van der Waals surface area (Å²) in [7, 11) is 0. The van der Waals surface area contributed by atoms with Crippen molar-refractivity contribution in [1.29, 1.82) is 0 Å². The minimum absolute atomic E-state index is 0.149. The van der Waals surface area contributed by atoms with E-state index >= 15 is 0 Å². The van der Waals surface area contributed by atoms with E-state index in [9.17, 15) is 44.7 Å². The molecule has 2 N–H and O–H groups in total. The predicted molar refractivity (Wildman–Crippen MR) is 186 cm³/mol. The highest BCUT2D eigenvalue weighted by Gasteiger charge is 2.25. The van der Waals surface area contributed by atoms with Crippen LogP contribution in [0.25, 0.3) is 63.4 Å². The fraction of sp³-hybridized carbons (Fsp3) is 0.111. The van der Waals surface area contributed by atoms with Gasteiger partial charge in [0.25, 0.3) is 0 Å². The molecule has 8 nitrogen and oxygen atoms in total. The molecule has 0 spiro atoms. The SMILES string of the molecule is Cc1c(-c2nc3c(F)c(F)cc(F)c3s2)c2ccc(F)cc2n1CC(=O)O.Cc1c(-c2nc3c(F)c(F)cc(F)c3s2)c2ccc(F)cc2n1CC(=O)O. The highest BCUT2D eigenvalue weighted by atomic mass is 32.1. The van der Waals surface area contributed by atoms with Gasteiger partial charge in [-0.1, -0.05) is 0 Å². The molecule has 0 aliphatic carbocycles. The van der Waals surface area contributed by atoms with Crippen LogP contribution in [0.15, 0.2) is 48.5 Å². The number of aliphatic carboxylic acids is 2. The number of carboxylic acid groups (broad SMARTS) is 2. The molecule has 276 valence electrons. The number of thiazole rings is 2. The first kappa shape index (κ1) is 36.5. The maximum atomic E-state index is 14.0. The normalized spacial score (nSPS) is 11.6. The number of aromatic nitrogens is 4. The maximum absolute atomic E-state index is 14.0. The fourth-order valence-corrected chi connectivity index (χ4v) is 8.46. The minimum Gasteiger partial charge on any atom is -0.480 e. The van der Waals surface area contributed by atoms with Crippen LogP contribution >= 0.6 is 22.7 Å². The number of hydrogen-bond donors (Lipinski definition) is 2. The molecule has 0 aliphatic rings. The minimum atomic E-state index is -1.34. The van der Waals surface area contributed by atoms with Gasteiger partial charge in [-0.25, -0.2) is 45.1 Å². The van der Waals surface area contributed by atoms with Crippen molar-refractivity contribution in [2.24, 2.45) is 0 Å². The van der Waals surface area contributed by atoms with Gasteiger partial charge in [-0.2, -0.15) is 0 Å². The molecule has 8 rings (SSSR count). The van der Waals surface area contributed by atoms with Gasteiger partial charge in [0.2, 0.25) is 0 Å². The number of nitrogens with zero attached hydrogens (tertiary/aromatic N) is 4. The van der Waals surface area contributed by atoms with Gasteiger partial charge in [0.05, 0.1) is 20.4 Å². The smallest absolute Gasteiger partial charge is 0.323 e. The zero-order valence-corrected chi connectivity index (χ0v) is 29.0. The quantitative estimate of drug-likeness (QED) is 0.128. The maximum Gasteiger partial charge on any atom is 0.323 e. The van der Waals surface area contributed by atoms with Crippen molar-refractivity contribution in [3.05, 3.63) is 106 Å². The second-order valence-corrected chi connectivity index (χ2v) is 13.9. The van der Waals surface area contributed by atoms with Crippen molar-refractivity contribution >= 4 is 76.9 Å². The van der Waals surface area contributed by atoms with E-state index < -0.39 is 82.6 Å². The second-order valence-electron chi connectivity index (χ2n) is 11.9. The van der Waals surface area contributed by atoms with Crippen LogP contribution in [0.4, 0.5) is 35.1 Å². The Morgan fingerprint density at radius 3 is 1.31 bits per heavy atom. The first-order valence-electron chi connectivity index (χ1n) is 15.4. The van der Waals surface area contributed by atoms with Crippen LogP contribution in [-0.2, 0) is 22.7 Å². The third-order valence-corrected chi connectivity index (χ3v) is 10.8. The van der Waals surface area contributed by atoms with Crippen molar-refractivity contribution in [3.63, 3.8) is 0 Å². The number of halogens is 8. The fourth-order valence-electron chi connectivity index (χ4n) is 6.30. The molecule has 0 aliphatic heterocycles. The van der Waals surface area contributed by atoms with Crippen molar-refractivity contribution in [1.82, 2.24) is 19.1 Å². The van der Waals surface area contributed by atoms with Gasteiger partial charge in [-0.05, 0) is 50.2 Å². The first-order chi connectivity index (χ1) is 25.5. The Morgan fingerprint density at radius 2 is 0.963 bits per heavy atom. The van der Waals surface area contributed by atoms with Crippen LogP contribution in [0, 0.1) is 60.4 Å². The van der Waals surface area contributed by atoms with E-state index in [2.05, 4.69) is 9.97 Å². The van der Waals surface area contributed by atoms with E-state index in [1.165, 1.54) is 45.5 Å². The van der Waals surface area contributed by atoms with E-state index in [0.29, 0.717) is 56.5 Å². The molecule has 0 amide bonds. The zero-order valence-electron chi connectivity index (χ0n) is 27.4. The monoisotopic (exact) mass is 788 g/mol. The summed E-state index contributed by atoms with van der Waals surface area (Å²) in [5.74, 6) is -10.4. The molecule has 0 saturated heterocycles. The van der Waals surface area contributed by atoms with E-state index in [1.54, 1.807) is 13.8 Å². The molecule has 4 aromatic heterocycles. The summed E-state index contributed by atoms with van der Waals surface area (Å²) >= 11 is 1.64. The van der Waals surface area contributed by atoms with Gasteiger partial charge < -0.3 is 19.3 Å². The zero-order chi connectivity index (χ0) is 38.9. The van der Waals surface area contributed by atoms with Crippen LogP contribution in [0.2, 0.25) is 0 Å². The number of hydrogen-bond acceptors (Lipinski definition) is 6. The van der Waals surface area contributed by atoms with Crippen LogP contribution in [-0.4, -0.2) is 41.3 Å². The predicted octanol–water partition coefficient (Wildman–Crippen LogP) is 9.73. The van der Waals surface area contributed by atoms with Gasteiger partial charge in [0.15, 0.2) is 23.3 Å². The van der Waals surface area contributed by atoms with Gasteiger partial charge in [-0.3, -0.25) is 9.59 Å². The summed E-state index contributed by atoms with van der Waals surface area (Å²) in [5.41, 5.74) is 1.49. The van der Waals surface area contributed by atoms with Crippen molar-refractivity contribution < 1.29 is 54.9 Å². The van der Waals surface area contributed by atoms with Crippen LogP contribution < -0.4 is 0 Å². The number of benzene rings is 4. The average Bonchev–Trinajstić information content (AvgIpc) is 3.86. The van der Waals surface area contributed by atoms with Crippen LogP contribution in [0.5, 0.6) is 0 Å². The topological polar surface area (TPSA) is 110 Å². The standard InChI is InChI=1S/2C18H10F4N2O2S/c2*1-7-14(9-3-2-8(19)4-12(9)24(7)6-13(25)26)18-23-16-15(22)10(20)5-11(21)17(16)27-18/h2*2-5H,6H2,1H3,(H,25,26). The summed E-state index contributed by atoms with van der Waals surface area (Å²) < 4.78 is 113. The Hall–Kier alpha value is -5.88. The van der Waals surface area contributed by atoms with Gasteiger partial charge in [0, 0.05) is 45.4 Å². The molecule has 0 unspecified atom stereocenters. The molecule has 4 heterocycles. The van der Waals surface area contributed by atoms with Crippen molar-refractivity contribution in [3.8, 4) is 21.1 Å². The van der Waals surface area contributed by atoms with Gasteiger partial charge in [-0.15, -0.1) is 22.7 Å². The van der Waals surface area contributed by atoms with Gasteiger partial charge in [0.1, 0.15) is 57.4 Å². The van der Waals surface area contributed by atoms with Crippen molar-refractivity contribution in [2.75, 3.05) is 0 Å². The molecule has 0 saturated carbocycles. The molecule has 4 aromatic carbocycles. The van der Waals surface area contributed by atoms with Crippen LogP contribution in [0.3, 0.4) is 0 Å². The Balaban J connectivity index is 0.000000167. The highest BCUT2D eigenvalue weighted by molar-refractivity contribution is 7.22. The highest BCUT2D eigenvalue weighted by Crippen LogP contribution is 2.42. The Morgan fingerprint density at radius 1 is 0.593 bits per heavy atom. The third-order valence-electron chi connectivity index (χ3n) is 8.62. The molecule has 54 heavy (non-hydrogen) atoms.